The molecule has 4 aliphatic rings. The number of pyridine rings is 1. The molecule has 8 atom stereocenters. The minimum atomic E-state index is -0.203. The van der Waals surface area contributed by atoms with Crippen LogP contribution in [0.3, 0.4) is 0 Å². The van der Waals surface area contributed by atoms with Gasteiger partial charge in [-0.05, 0) is 141 Å². The van der Waals surface area contributed by atoms with E-state index in [0.717, 1.165) is 98.6 Å². The largest absolute Gasteiger partial charge is 0.494 e. The van der Waals surface area contributed by atoms with Crippen molar-refractivity contribution < 1.29 is 19.0 Å². The first-order valence-corrected chi connectivity index (χ1v) is 20.8. The van der Waals surface area contributed by atoms with Crippen LogP contribution in [0.15, 0.2) is 60.4 Å². The summed E-state index contributed by atoms with van der Waals surface area (Å²) in [6, 6.07) is 11.3. The fourth-order valence-electron chi connectivity index (χ4n) is 11.2. The lowest BCUT2D eigenvalue weighted by Crippen LogP contribution is -2.51. The minimum Gasteiger partial charge on any atom is -0.494 e. The SMILES string of the molecule is CC(C)CCC[C@@H](C)[C@H]1CC[C@H]2[C@@H]3CC=C4C[C@@H](OC(=O)c5ccc(OCCCCCCCOc6ccncc6)cc5)CC[C@]4(C)[C@H]3CC[C@]12C. The molecule has 0 amide bonds. The highest BCUT2D eigenvalue weighted by atomic mass is 16.5. The van der Waals surface area contributed by atoms with Crippen molar-refractivity contribution in [1.82, 2.24) is 4.98 Å². The number of benzene rings is 1. The number of allylic oxidation sites excluding steroid dienone is 1. The topological polar surface area (TPSA) is 57.7 Å². The van der Waals surface area contributed by atoms with E-state index < -0.39 is 0 Å². The van der Waals surface area contributed by atoms with Crippen LogP contribution >= 0.6 is 0 Å². The smallest absolute Gasteiger partial charge is 0.338 e. The van der Waals surface area contributed by atoms with Gasteiger partial charge in [0.1, 0.15) is 17.6 Å². The van der Waals surface area contributed by atoms with Gasteiger partial charge in [0.15, 0.2) is 0 Å². The molecule has 3 saturated carbocycles. The highest BCUT2D eigenvalue weighted by Crippen LogP contribution is 2.67. The normalized spacial score (nSPS) is 30.5. The fraction of sp³-hybridized carbons (Fsp3) is 0.696. The molecule has 0 N–H and O–H groups in total. The molecule has 0 unspecified atom stereocenters. The van der Waals surface area contributed by atoms with Crippen molar-refractivity contribution in [2.75, 3.05) is 13.2 Å². The summed E-state index contributed by atoms with van der Waals surface area (Å²) in [6.07, 6.45) is 25.7. The lowest BCUT2D eigenvalue weighted by Gasteiger charge is -2.58. The molecule has 5 heteroatoms. The van der Waals surface area contributed by atoms with Crippen LogP contribution in [-0.4, -0.2) is 30.3 Å². The van der Waals surface area contributed by atoms with Gasteiger partial charge in [0, 0.05) is 18.8 Å². The maximum Gasteiger partial charge on any atom is 0.338 e. The average Bonchev–Trinajstić information content (AvgIpc) is 3.49. The Labute approximate surface area is 309 Å². The molecule has 3 fully saturated rings. The zero-order valence-electron chi connectivity index (χ0n) is 32.5. The summed E-state index contributed by atoms with van der Waals surface area (Å²) in [5.74, 6) is 6.55. The number of nitrogens with zero attached hydrogens (tertiary/aromatic N) is 1. The number of rotatable bonds is 17. The maximum absolute atomic E-state index is 13.2. The summed E-state index contributed by atoms with van der Waals surface area (Å²) < 4.78 is 17.9. The van der Waals surface area contributed by atoms with Gasteiger partial charge in [-0.3, -0.25) is 4.98 Å². The first-order chi connectivity index (χ1) is 24.7. The van der Waals surface area contributed by atoms with Crippen molar-refractivity contribution >= 4 is 5.97 Å². The molecule has 0 saturated heterocycles. The zero-order valence-corrected chi connectivity index (χ0v) is 32.5. The van der Waals surface area contributed by atoms with Crippen LogP contribution < -0.4 is 9.47 Å². The van der Waals surface area contributed by atoms with Crippen LogP contribution in [0.2, 0.25) is 0 Å². The highest BCUT2D eigenvalue weighted by Gasteiger charge is 2.59. The third-order valence-electron chi connectivity index (χ3n) is 14.1. The van der Waals surface area contributed by atoms with Gasteiger partial charge in [-0.1, -0.05) is 84.8 Å². The summed E-state index contributed by atoms with van der Waals surface area (Å²) in [5, 5.41) is 0. The summed E-state index contributed by atoms with van der Waals surface area (Å²) >= 11 is 0. The van der Waals surface area contributed by atoms with Crippen molar-refractivity contribution in [3.8, 4) is 11.5 Å². The highest BCUT2D eigenvalue weighted by molar-refractivity contribution is 5.89. The van der Waals surface area contributed by atoms with Crippen molar-refractivity contribution in [3.63, 3.8) is 0 Å². The van der Waals surface area contributed by atoms with E-state index in [1.165, 1.54) is 57.8 Å². The van der Waals surface area contributed by atoms with E-state index >= 15 is 0 Å². The molecule has 0 aliphatic heterocycles. The second-order valence-electron chi connectivity index (χ2n) is 17.7. The number of unbranched alkanes of at least 4 members (excludes halogenated alkanes) is 4. The Hall–Kier alpha value is -2.82. The third kappa shape index (κ3) is 9.05. The van der Waals surface area contributed by atoms with Gasteiger partial charge in [-0.2, -0.15) is 0 Å². The monoisotopic (exact) mass is 698 g/mol. The zero-order chi connectivity index (χ0) is 35.8. The molecule has 5 nitrogen and oxygen atoms in total. The molecular formula is C46H67NO4. The molecule has 0 spiro atoms. The fourth-order valence-corrected chi connectivity index (χ4v) is 11.2. The van der Waals surface area contributed by atoms with Gasteiger partial charge in [0.25, 0.3) is 0 Å². The van der Waals surface area contributed by atoms with E-state index in [1.807, 2.05) is 36.4 Å². The van der Waals surface area contributed by atoms with Crippen LogP contribution in [0.4, 0.5) is 0 Å². The molecule has 6 rings (SSSR count). The first kappa shape index (κ1) is 37.9. The van der Waals surface area contributed by atoms with E-state index in [4.69, 9.17) is 14.2 Å². The Morgan fingerprint density at radius 2 is 1.47 bits per heavy atom. The van der Waals surface area contributed by atoms with Gasteiger partial charge in [-0.25, -0.2) is 4.79 Å². The number of carbonyl (C=O) groups excluding carboxylic acids is 1. The van der Waals surface area contributed by atoms with Gasteiger partial charge in [0.05, 0.1) is 18.8 Å². The van der Waals surface area contributed by atoms with Crippen molar-refractivity contribution in [1.29, 1.82) is 0 Å². The predicted molar refractivity (Wildman–Crippen MR) is 207 cm³/mol. The number of hydrogen-bond donors (Lipinski definition) is 0. The Balaban J connectivity index is 0.918. The quantitative estimate of drug-likeness (QED) is 0.0935. The molecule has 51 heavy (non-hydrogen) atoms. The molecule has 4 aliphatic carbocycles. The standard InChI is InChI=1S/C46H67NO4/c1-33(2)12-11-13-34(3)41-20-21-42-40-19-16-36-32-39(22-26-45(36,4)43(40)23-27-46(41,42)5)51-44(48)35-14-17-37(18-15-35)49-30-9-7-6-8-10-31-50-38-24-28-47-29-25-38/h14-18,24-25,28-29,33-34,39-43H,6-13,19-23,26-27,30-32H2,1-5H3/t34-,39+,40+,41-,42+,43+,45+,46-/m1/s1. The number of hydrogen-bond acceptors (Lipinski definition) is 5. The number of ether oxygens (including phenoxy) is 3. The van der Waals surface area contributed by atoms with Crippen LogP contribution in [-0.2, 0) is 4.74 Å². The van der Waals surface area contributed by atoms with Crippen LogP contribution in [0.25, 0.3) is 0 Å². The second-order valence-corrected chi connectivity index (χ2v) is 17.7. The molecule has 0 radical (unpaired) electrons. The Bertz CT molecular complexity index is 1420. The van der Waals surface area contributed by atoms with Gasteiger partial charge < -0.3 is 14.2 Å². The molecule has 1 heterocycles. The summed E-state index contributed by atoms with van der Waals surface area (Å²) in [5.41, 5.74) is 2.98. The summed E-state index contributed by atoms with van der Waals surface area (Å²) in [4.78, 5) is 17.2. The Morgan fingerprint density at radius 3 is 2.18 bits per heavy atom. The number of esters is 1. The Kier molecular flexibility index (Phi) is 12.9. The molecule has 0 bridgehead atoms. The lowest BCUT2D eigenvalue weighted by atomic mass is 9.47. The van der Waals surface area contributed by atoms with Crippen molar-refractivity contribution in [2.24, 2.45) is 46.3 Å². The summed E-state index contributed by atoms with van der Waals surface area (Å²) in [7, 11) is 0. The molecule has 280 valence electrons. The number of aromatic nitrogens is 1. The number of fused-ring (bicyclic) bond motifs is 5. The van der Waals surface area contributed by atoms with E-state index in [9.17, 15) is 4.79 Å². The summed E-state index contributed by atoms with van der Waals surface area (Å²) in [6.45, 7) is 14.0. The minimum absolute atomic E-state index is 0.0251. The molecule has 1 aromatic carbocycles. The van der Waals surface area contributed by atoms with E-state index in [-0.39, 0.29) is 17.5 Å². The molecule has 1 aromatic heterocycles. The molecular weight excluding hydrogens is 631 g/mol. The van der Waals surface area contributed by atoms with Gasteiger partial charge >= 0.3 is 5.97 Å². The van der Waals surface area contributed by atoms with E-state index in [0.29, 0.717) is 17.6 Å². The van der Waals surface area contributed by atoms with E-state index in [1.54, 1.807) is 18.0 Å². The number of carbonyl (C=O) groups is 1. The first-order valence-electron chi connectivity index (χ1n) is 20.8. The van der Waals surface area contributed by atoms with Crippen molar-refractivity contribution in [3.05, 3.63) is 66.0 Å². The predicted octanol–water partition coefficient (Wildman–Crippen LogP) is 12.1. The van der Waals surface area contributed by atoms with E-state index in [2.05, 4.69) is 45.7 Å². The average molecular weight is 698 g/mol. The van der Waals surface area contributed by atoms with Crippen molar-refractivity contribution in [2.45, 2.75) is 143 Å². The van der Waals surface area contributed by atoms with Gasteiger partial charge in [-0.15, -0.1) is 0 Å². The van der Waals surface area contributed by atoms with Crippen LogP contribution in [0.1, 0.15) is 148 Å². The second kappa shape index (κ2) is 17.3. The third-order valence-corrected chi connectivity index (χ3v) is 14.1. The van der Waals surface area contributed by atoms with Gasteiger partial charge in [0.2, 0.25) is 0 Å². The Morgan fingerprint density at radius 1 is 0.784 bits per heavy atom. The van der Waals surface area contributed by atoms with Crippen LogP contribution in [0, 0.1) is 46.3 Å². The molecule has 2 aromatic rings. The van der Waals surface area contributed by atoms with Crippen LogP contribution in [0.5, 0.6) is 11.5 Å². The lowest BCUT2D eigenvalue weighted by molar-refractivity contribution is -0.0594. The maximum atomic E-state index is 13.2.